The van der Waals surface area contributed by atoms with Gasteiger partial charge in [-0.1, -0.05) is 0 Å². The summed E-state index contributed by atoms with van der Waals surface area (Å²) in [6.07, 6.45) is -23.8. The molecule has 0 aliphatic carbocycles. The smallest absolute Gasteiger partial charge is 0.438 e. The molecule has 0 saturated carbocycles. The molecule has 27 heteroatoms. The molecule has 0 radical (unpaired) electrons. The van der Waals surface area contributed by atoms with Crippen LogP contribution in [0.4, 0.5) is 83.4 Å². The van der Waals surface area contributed by atoms with Crippen molar-refractivity contribution in [3.05, 3.63) is 0 Å². The Morgan fingerprint density at radius 2 is 0.872 bits per heavy atom. The fraction of sp³-hybridized carbons (Fsp3) is 1.00. The molecule has 1 unspecified atom stereocenters. The quantitative estimate of drug-likeness (QED) is 0.210. The third kappa shape index (κ3) is 6.60. The summed E-state index contributed by atoms with van der Waals surface area (Å²) in [5.74, 6) is -51.5. The van der Waals surface area contributed by atoms with Gasteiger partial charge in [-0.25, -0.2) is 4.39 Å². The van der Waals surface area contributed by atoms with Crippen molar-refractivity contribution >= 4 is 7.82 Å². The number of phosphoric acid groups is 1. The lowest BCUT2D eigenvalue weighted by Crippen LogP contribution is -2.77. The highest BCUT2D eigenvalue weighted by atomic mass is 31.2. The summed E-state index contributed by atoms with van der Waals surface area (Å²) < 4.78 is 263. The van der Waals surface area contributed by atoms with Gasteiger partial charge in [0.25, 0.3) is 0 Å². The Labute approximate surface area is 201 Å². The third-order valence-corrected chi connectivity index (χ3v) is 4.63. The number of hydrogen-bond acceptors (Lipinski definition) is 5. The van der Waals surface area contributed by atoms with Gasteiger partial charge in [-0.3, -0.25) is 0 Å². The fourth-order valence-corrected chi connectivity index (χ4v) is 2.57. The molecule has 0 aromatic carbocycles. The maximum absolute atomic E-state index is 13.6. The largest absolute Gasteiger partial charge is 0.790 e. The summed E-state index contributed by atoms with van der Waals surface area (Å²) in [5, 5.41) is 8.82. The number of halogens is 19. The van der Waals surface area contributed by atoms with Gasteiger partial charge < -0.3 is 36.3 Å². The van der Waals surface area contributed by atoms with E-state index < -0.39 is 80.5 Å². The number of alkyl halides is 19. The number of aliphatic hydroxyl groups excluding tert-OH is 1. The van der Waals surface area contributed by atoms with E-state index in [2.05, 4.69) is 4.52 Å². The molecule has 0 amide bonds. The molecular formula is C12H14F19N2O5P. The molecule has 240 valence electrons. The van der Waals surface area contributed by atoms with E-state index in [1.54, 1.807) is 0 Å². The fourth-order valence-electron chi connectivity index (χ4n) is 2.21. The molecule has 39 heavy (non-hydrogen) atoms. The molecule has 0 aliphatic heterocycles. The molecule has 0 aliphatic rings. The van der Waals surface area contributed by atoms with Crippen LogP contribution in [0.1, 0.15) is 6.42 Å². The third-order valence-electron chi connectivity index (χ3n) is 4.17. The summed E-state index contributed by atoms with van der Waals surface area (Å²) in [4.78, 5) is 20.1. The van der Waals surface area contributed by atoms with Crippen molar-refractivity contribution in [2.24, 2.45) is 0 Å². The monoisotopic (exact) mass is 658 g/mol. The number of aliphatic hydroxyl groups is 1. The molecule has 0 saturated heterocycles. The Morgan fingerprint density at radius 3 is 1.15 bits per heavy atom. The first-order valence-electron chi connectivity index (χ1n) is 8.04. The number of phosphoric ester groups is 1. The van der Waals surface area contributed by atoms with Gasteiger partial charge in [0, 0.05) is 6.42 Å². The lowest BCUT2D eigenvalue weighted by Gasteiger charge is -2.45. The lowest BCUT2D eigenvalue weighted by atomic mass is 9.83. The molecular weight excluding hydrogens is 644 g/mol. The Balaban J connectivity index is -0.00000648. The highest BCUT2D eigenvalue weighted by Gasteiger charge is 2.98. The maximum atomic E-state index is 13.6. The maximum Gasteiger partial charge on any atom is 0.438 e. The molecule has 0 rings (SSSR count). The highest BCUT2D eigenvalue weighted by molar-refractivity contribution is 7.43. The minimum absolute atomic E-state index is 0. The van der Waals surface area contributed by atoms with Gasteiger partial charge in [-0.2, -0.15) is 79.0 Å². The van der Waals surface area contributed by atoms with E-state index in [9.17, 15) is 97.8 Å². The van der Waals surface area contributed by atoms with E-state index in [1.807, 2.05) is 0 Å². The van der Waals surface area contributed by atoms with E-state index >= 15 is 0 Å². The second-order valence-electron chi connectivity index (χ2n) is 6.83. The van der Waals surface area contributed by atoms with Crippen molar-refractivity contribution in [3.63, 3.8) is 0 Å². The average Bonchev–Trinajstić information content (AvgIpc) is 2.61. The molecule has 0 aromatic rings. The Hall–Kier alpha value is -1.34. The van der Waals surface area contributed by atoms with Crippen molar-refractivity contribution in [2.75, 3.05) is 6.61 Å². The van der Waals surface area contributed by atoms with Gasteiger partial charge in [-0.05, 0) is 0 Å². The van der Waals surface area contributed by atoms with Crippen molar-refractivity contribution in [1.82, 2.24) is 12.3 Å². The van der Waals surface area contributed by atoms with Crippen LogP contribution in [0.2, 0.25) is 0 Å². The average molecular weight is 658 g/mol. The predicted octanol–water partition coefficient (Wildman–Crippen LogP) is 4.98. The van der Waals surface area contributed by atoms with E-state index in [4.69, 9.17) is 5.11 Å². The minimum Gasteiger partial charge on any atom is -0.790 e. The van der Waals surface area contributed by atoms with Gasteiger partial charge in [-0.15, -0.1) is 0 Å². The van der Waals surface area contributed by atoms with Crippen LogP contribution in [0.25, 0.3) is 0 Å². The number of rotatable bonds is 11. The first-order chi connectivity index (χ1) is 15.6. The van der Waals surface area contributed by atoms with Gasteiger partial charge >= 0.3 is 53.6 Å². The first-order valence-corrected chi connectivity index (χ1v) is 9.50. The van der Waals surface area contributed by atoms with Gasteiger partial charge in [0.15, 0.2) is 0 Å². The van der Waals surface area contributed by atoms with Crippen molar-refractivity contribution in [2.45, 2.75) is 66.1 Å². The Morgan fingerprint density at radius 1 is 0.590 bits per heavy atom. The van der Waals surface area contributed by atoms with Gasteiger partial charge in [0.05, 0.1) is 20.5 Å². The number of quaternary nitrogens is 2. The molecule has 0 bridgehead atoms. The molecule has 0 spiro atoms. The van der Waals surface area contributed by atoms with Crippen LogP contribution < -0.4 is 22.1 Å². The summed E-state index contributed by atoms with van der Waals surface area (Å²) in [7, 11) is -6.23. The van der Waals surface area contributed by atoms with Crippen LogP contribution in [0, 0.1) is 0 Å². The van der Waals surface area contributed by atoms with E-state index in [0.717, 1.165) is 0 Å². The second kappa shape index (κ2) is 11.2. The van der Waals surface area contributed by atoms with Crippen LogP contribution in [0.3, 0.4) is 0 Å². The predicted molar refractivity (Wildman–Crippen MR) is 81.8 cm³/mol. The zero-order valence-corrected chi connectivity index (χ0v) is 19.1. The van der Waals surface area contributed by atoms with Crippen molar-refractivity contribution < 1.29 is 107 Å². The Bertz CT molecular complexity index is 856. The van der Waals surface area contributed by atoms with E-state index in [0.29, 0.717) is 0 Å². The molecule has 1 atom stereocenters. The van der Waals surface area contributed by atoms with E-state index in [-0.39, 0.29) is 12.3 Å². The van der Waals surface area contributed by atoms with E-state index in [1.165, 1.54) is 0 Å². The summed E-state index contributed by atoms with van der Waals surface area (Å²) in [5.41, 5.74) is -8.86. The van der Waals surface area contributed by atoms with Crippen molar-refractivity contribution in [1.29, 1.82) is 0 Å². The number of hydrogen-bond donors (Lipinski definition) is 3. The molecule has 9 N–H and O–H groups in total. The van der Waals surface area contributed by atoms with Crippen LogP contribution >= 0.6 is 7.82 Å². The first kappa shape index (κ1) is 42.1. The normalized spacial score (nSPS) is 16.4. The topological polar surface area (TPSA) is 166 Å². The SMILES string of the molecule is O=P([O-])([O-])OCC(O)CC(F)(F)C(F)(F)C(F)(F)C(F)(F)C(F)(F)C(F)(F)C(F)(C(F)(F)F)C(F)(F)F.[NH4+].[NH4+]. The van der Waals surface area contributed by atoms with Gasteiger partial charge in [0.1, 0.15) is 0 Å². The minimum atomic E-state index is -9.18. The zero-order chi connectivity index (χ0) is 30.7. The zero-order valence-electron chi connectivity index (χ0n) is 18.2. The summed E-state index contributed by atoms with van der Waals surface area (Å²) in [6, 6.07) is 0. The molecule has 0 aromatic heterocycles. The molecule has 0 fully saturated rings. The Kier molecular flexibility index (Phi) is 12.0. The lowest BCUT2D eigenvalue weighted by molar-refractivity contribution is -0.472. The van der Waals surface area contributed by atoms with Crippen LogP contribution in [-0.4, -0.2) is 71.4 Å². The highest BCUT2D eigenvalue weighted by Crippen LogP contribution is 2.66. The van der Waals surface area contributed by atoms with Gasteiger partial charge in [0.2, 0.25) is 0 Å². The van der Waals surface area contributed by atoms with Crippen LogP contribution in [-0.2, 0) is 9.09 Å². The van der Waals surface area contributed by atoms with Crippen LogP contribution in [0.15, 0.2) is 0 Å². The summed E-state index contributed by atoms with van der Waals surface area (Å²) in [6.45, 7) is -2.33. The van der Waals surface area contributed by atoms with Crippen molar-refractivity contribution in [3.8, 4) is 0 Å². The second-order valence-corrected chi connectivity index (χ2v) is 7.98. The molecule has 0 heterocycles. The van der Waals surface area contributed by atoms with Crippen LogP contribution in [0.5, 0.6) is 0 Å². The standard InChI is InChI=1S/C12H8F19O5P.2H3N/c13-4(14,1-3(32)2-36-37(33,34)35)6(16,17)8(20,21)10(24,25)9(22,23)7(18,19)5(15,11(26,27)28)12(29,30)31;;/h3,32H,1-2H2,(H2,33,34,35);2*1H3. The molecule has 7 nitrogen and oxygen atoms in total. The summed E-state index contributed by atoms with van der Waals surface area (Å²) >= 11 is 0.